The van der Waals surface area contributed by atoms with Gasteiger partial charge in [0.05, 0.1) is 0 Å². The topological polar surface area (TPSA) is 24.6 Å². The number of benzene rings is 1. The van der Waals surface area contributed by atoms with Crippen LogP contribution < -0.4 is 0 Å². The van der Waals surface area contributed by atoms with Gasteiger partial charge in [0, 0.05) is 6.42 Å². The van der Waals surface area contributed by atoms with E-state index in [2.05, 4.69) is 4.85 Å². The standard InChI is InChI=1S/C9H9NO/c1-10-7-6-8-2-4-9(11)5-3-8/h2-5,11H,6-7H2. The Kier molecular flexibility index (Phi) is 2.51. The Balaban J connectivity index is 2.60. The molecule has 1 rings (SSSR count). The van der Waals surface area contributed by atoms with Crippen LogP contribution in [0.2, 0.25) is 0 Å². The van der Waals surface area contributed by atoms with Crippen LogP contribution in [0.15, 0.2) is 24.3 Å². The third-order valence-electron chi connectivity index (χ3n) is 1.45. The van der Waals surface area contributed by atoms with Gasteiger partial charge in [-0.2, -0.15) is 0 Å². The molecular weight excluding hydrogens is 138 g/mol. The van der Waals surface area contributed by atoms with Crippen LogP contribution in [0.3, 0.4) is 0 Å². The van der Waals surface area contributed by atoms with Crippen LogP contribution in [0.5, 0.6) is 5.75 Å². The van der Waals surface area contributed by atoms with Crippen molar-refractivity contribution in [1.82, 2.24) is 0 Å². The lowest BCUT2D eigenvalue weighted by Crippen LogP contribution is -1.85. The van der Waals surface area contributed by atoms with Crippen LogP contribution in [0.4, 0.5) is 0 Å². The first kappa shape index (κ1) is 7.62. The predicted molar refractivity (Wildman–Crippen MR) is 43.3 cm³/mol. The Labute approximate surface area is 65.9 Å². The van der Waals surface area contributed by atoms with E-state index >= 15 is 0 Å². The van der Waals surface area contributed by atoms with Gasteiger partial charge in [-0.15, -0.1) is 0 Å². The quantitative estimate of drug-likeness (QED) is 0.634. The summed E-state index contributed by atoms with van der Waals surface area (Å²) in [6.45, 7) is 7.09. The second kappa shape index (κ2) is 3.62. The van der Waals surface area contributed by atoms with Gasteiger partial charge in [0.25, 0.3) is 0 Å². The molecule has 0 fully saturated rings. The van der Waals surface area contributed by atoms with Crippen LogP contribution in [0, 0.1) is 6.57 Å². The summed E-state index contributed by atoms with van der Waals surface area (Å²) >= 11 is 0. The minimum Gasteiger partial charge on any atom is -0.508 e. The van der Waals surface area contributed by atoms with E-state index < -0.39 is 0 Å². The van der Waals surface area contributed by atoms with Crippen molar-refractivity contribution in [1.29, 1.82) is 0 Å². The fraction of sp³-hybridized carbons (Fsp3) is 0.222. The number of nitrogens with zero attached hydrogens (tertiary/aromatic N) is 1. The van der Waals surface area contributed by atoms with Gasteiger partial charge in [0.1, 0.15) is 5.75 Å². The van der Waals surface area contributed by atoms with Crippen molar-refractivity contribution >= 4 is 0 Å². The molecule has 0 amide bonds. The Bertz CT molecular complexity index is 258. The van der Waals surface area contributed by atoms with Crippen molar-refractivity contribution in [2.75, 3.05) is 6.54 Å². The first-order chi connectivity index (χ1) is 5.33. The highest BCUT2D eigenvalue weighted by molar-refractivity contribution is 5.26. The van der Waals surface area contributed by atoms with Crippen molar-refractivity contribution in [2.45, 2.75) is 6.42 Å². The molecule has 2 heteroatoms. The lowest BCUT2D eigenvalue weighted by molar-refractivity contribution is 0.475. The zero-order valence-corrected chi connectivity index (χ0v) is 6.12. The predicted octanol–water partition coefficient (Wildman–Crippen LogP) is 1.85. The summed E-state index contributed by atoms with van der Waals surface area (Å²) in [4.78, 5) is 3.24. The highest BCUT2D eigenvalue weighted by Gasteiger charge is 1.93. The summed E-state index contributed by atoms with van der Waals surface area (Å²) in [5.74, 6) is 0.275. The highest BCUT2D eigenvalue weighted by atomic mass is 16.3. The minimum atomic E-state index is 0.275. The van der Waals surface area contributed by atoms with Gasteiger partial charge in [0.15, 0.2) is 0 Å². The first-order valence-corrected chi connectivity index (χ1v) is 3.44. The van der Waals surface area contributed by atoms with E-state index in [-0.39, 0.29) is 5.75 Å². The van der Waals surface area contributed by atoms with Gasteiger partial charge in [-0.3, -0.25) is 0 Å². The van der Waals surface area contributed by atoms with Crippen molar-refractivity contribution in [3.8, 4) is 5.75 Å². The van der Waals surface area contributed by atoms with Crippen LogP contribution in [0.1, 0.15) is 5.56 Å². The van der Waals surface area contributed by atoms with E-state index in [1.54, 1.807) is 12.1 Å². The summed E-state index contributed by atoms with van der Waals surface area (Å²) in [5, 5.41) is 8.92. The minimum absolute atomic E-state index is 0.275. The number of phenols is 1. The Morgan fingerprint density at radius 2 is 1.91 bits per heavy atom. The third-order valence-corrected chi connectivity index (χ3v) is 1.45. The summed E-state index contributed by atoms with van der Waals surface area (Å²) in [6, 6.07) is 6.94. The Hall–Kier alpha value is -1.49. The molecule has 0 bridgehead atoms. The number of rotatable bonds is 2. The molecule has 1 aromatic rings. The summed E-state index contributed by atoms with van der Waals surface area (Å²) < 4.78 is 0. The SMILES string of the molecule is [C-]#[N+]CCc1ccc(O)cc1. The van der Waals surface area contributed by atoms with Gasteiger partial charge >= 0.3 is 0 Å². The molecule has 0 heterocycles. The molecule has 1 aromatic carbocycles. The lowest BCUT2D eigenvalue weighted by Gasteiger charge is -1.94. The second-order valence-corrected chi connectivity index (χ2v) is 2.30. The van der Waals surface area contributed by atoms with Crippen molar-refractivity contribution < 1.29 is 5.11 Å². The van der Waals surface area contributed by atoms with Crippen LogP contribution >= 0.6 is 0 Å². The van der Waals surface area contributed by atoms with E-state index in [1.165, 1.54) is 0 Å². The molecular formula is C9H9NO. The average molecular weight is 147 g/mol. The Morgan fingerprint density at radius 1 is 1.27 bits per heavy atom. The highest BCUT2D eigenvalue weighted by Crippen LogP contribution is 2.09. The summed E-state index contributed by atoms with van der Waals surface area (Å²) in [5.41, 5.74) is 1.10. The first-order valence-electron chi connectivity index (χ1n) is 3.44. The zero-order valence-electron chi connectivity index (χ0n) is 6.12. The normalized spacial score (nSPS) is 9.00. The molecule has 2 nitrogen and oxygen atoms in total. The van der Waals surface area contributed by atoms with E-state index in [9.17, 15) is 0 Å². The van der Waals surface area contributed by atoms with Gasteiger partial charge in [-0.25, -0.2) is 6.57 Å². The molecule has 0 spiro atoms. The molecule has 11 heavy (non-hydrogen) atoms. The number of hydrogen-bond acceptors (Lipinski definition) is 1. The van der Waals surface area contributed by atoms with E-state index in [0.717, 1.165) is 12.0 Å². The van der Waals surface area contributed by atoms with Crippen LogP contribution in [-0.2, 0) is 6.42 Å². The van der Waals surface area contributed by atoms with Gasteiger partial charge in [-0.1, -0.05) is 12.1 Å². The number of hydrogen-bond donors (Lipinski definition) is 1. The fourth-order valence-corrected chi connectivity index (χ4v) is 0.848. The molecule has 0 unspecified atom stereocenters. The number of phenolic OH excluding ortho intramolecular Hbond substituents is 1. The molecule has 0 atom stereocenters. The van der Waals surface area contributed by atoms with Crippen molar-refractivity contribution in [2.24, 2.45) is 0 Å². The Morgan fingerprint density at radius 3 is 2.45 bits per heavy atom. The molecule has 0 radical (unpaired) electrons. The van der Waals surface area contributed by atoms with E-state index in [0.29, 0.717) is 6.54 Å². The molecule has 0 aromatic heterocycles. The summed E-state index contributed by atoms with van der Waals surface area (Å²) in [7, 11) is 0. The van der Waals surface area contributed by atoms with Gasteiger partial charge in [-0.05, 0) is 17.7 Å². The maximum atomic E-state index is 8.92. The molecule has 0 aliphatic carbocycles. The lowest BCUT2D eigenvalue weighted by atomic mass is 10.1. The van der Waals surface area contributed by atoms with Gasteiger partial charge in [0.2, 0.25) is 6.54 Å². The zero-order chi connectivity index (χ0) is 8.10. The molecule has 0 saturated carbocycles. The molecule has 0 aliphatic rings. The van der Waals surface area contributed by atoms with Crippen LogP contribution in [-0.4, -0.2) is 11.7 Å². The van der Waals surface area contributed by atoms with E-state index in [1.807, 2.05) is 12.1 Å². The third kappa shape index (κ3) is 2.30. The van der Waals surface area contributed by atoms with Crippen LogP contribution in [0.25, 0.3) is 4.85 Å². The molecule has 0 saturated heterocycles. The maximum absolute atomic E-state index is 8.92. The summed E-state index contributed by atoms with van der Waals surface area (Å²) in [6.07, 6.45) is 0.768. The second-order valence-electron chi connectivity index (χ2n) is 2.30. The smallest absolute Gasteiger partial charge is 0.218 e. The maximum Gasteiger partial charge on any atom is 0.218 e. The molecule has 1 N–H and O–H groups in total. The van der Waals surface area contributed by atoms with E-state index in [4.69, 9.17) is 11.7 Å². The largest absolute Gasteiger partial charge is 0.508 e. The fourth-order valence-electron chi connectivity index (χ4n) is 0.848. The molecule has 56 valence electrons. The monoisotopic (exact) mass is 147 g/mol. The molecule has 0 aliphatic heterocycles. The average Bonchev–Trinajstić information content (AvgIpc) is 2.04. The van der Waals surface area contributed by atoms with Crippen molar-refractivity contribution in [3.63, 3.8) is 0 Å². The van der Waals surface area contributed by atoms with Gasteiger partial charge < -0.3 is 9.95 Å². The van der Waals surface area contributed by atoms with Crippen molar-refractivity contribution in [3.05, 3.63) is 41.2 Å². The number of aromatic hydroxyl groups is 1.